The Bertz CT molecular complexity index is 644. The molecule has 0 saturated carbocycles. The summed E-state index contributed by atoms with van der Waals surface area (Å²) >= 11 is 0. The molecule has 1 heterocycles. The number of hydrogen-bond donors (Lipinski definition) is 3. The summed E-state index contributed by atoms with van der Waals surface area (Å²) in [4.78, 5) is 15.9. The average molecular weight is 304 g/mol. The van der Waals surface area contributed by atoms with E-state index in [1.165, 1.54) is 19.4 Å². The largest absolute Gasteiger partial charge is 0.504 e. The summed E-state index contributed by atoms with van der Waals surface area (Å²) in [5.41, 5.74) is 1.90. The van der Waals surface area contributed by atoms with Crippen molar-refractivity contribution in [3.8, 4) is 22.6 Å². The van der Waals surface area contributed by atoms with Crippen molar-refractivity contribution in [2.45, 2.75) is 7.43 Å². The van der Waals surface area contributed by atoms with Crippen molar-refractivity contribution >= 4 is 5.91 Å². The zero-order valence-electron chi connectivity index (χ0n) is 11.5. The number of carbonyl (C=O) groups is 1. The van der Waals surface area contributed by atoms with Gasteiger partial charge in [-0.2, -0.15) is 0 Å². The highest BCUT2D eigenvalue weighted by atomic mass is 16.5. The maximum Gasteiger partial charge on any atom is 0.252 e. The lowest BCUT2D eigenvalue weighted by Gasteiger charge is -2.08. The van der Waals surface area contributed by atoms with Crippen LogP contribution >= 0.6 is 0 Å². The summed E-state index contributed by atoms with van der Waals surface area (Å²) in [5.74, 6) is 0.0952. The van der Waals surface area contributed by atoms with Gasteiger partial charge in [0, 0.05) is 24.5 Å². The predicted octanol–water partition coefficient (Wildman–Crippen LogP) is 1.82. The number of ether oxygens (including phenoxy) is 1. The average Bonchev–Trinajstić information content (AvgIpc) is 2.53. The molecule has 118 valence electrons. The number of carbonyl (C=O) groups excluding carboxylic acids is 1. The summed E-state index contributed by atoms with van der Waals surface area (Å²) in [7, 11) is 1.47. The zero-order valence-corrected chi connectivity index (χ0v) is 11.5. The molecule has 22 heavy (non-hydrogen) atoms. The molecule has 1 aromatic heterocycles. The number of hydrogen-bond acceptors (Lipinski definition) is 5. The second-order valence-electron chi connectivity index (χ2n) is 4.33. The summed E-state index contributed by atoms with van der Waals surface area (Å²) in [6, 6.07) is 6.59. The highest BCUT2D eigenvalue weighted by Crippen LogP contribution is 2.31. The summed E-state index contributed by atoms with van der Waals surface area (Å²) in [6.07, 6.45) is 3.07. The lowest BCUT2D eigenvalue weighted by atomic mass is 10.1. The Hall–Kier alpha value is -2.60. The van der Waals surface area contributed by atoms with E-state index in [-0.39, 0.29) is 32.2 Å². The number of amides is 1. The van der Waals surface area contributed by atoms with Crippen LogP contribution in [0.5, 0.6) is 11.5 Å². The van der Waals surface area contributed by atoms with Gasteiger partial charge in [-0.1, -0.05) is 13.5 Å². The molecule has 0 spiro atoms. The molecule has 0 aliphatic heterocycles. The van der Waals surface area contributed by atoms with Gasteiger partial charge in [0.1, 0.15) is 0 Å². The van der Waals surface area contributed by atoms with E-state index in [0.717, 1.165) is 11.1 Å². The first-order valence-corrected chi connectivity index (χ1v) is 6.37. The molecule has 0 fully saturated rings. The van der Waals surface area contributed by atoms with Crippen LogP contribution in [-0.2, 0) is 0 Å². The molecule has 0 aliphatic rings. The maximum atomic E-state index is 11.8. The first-order valence-electron chi connectivity index (χ1n) is 6.37. The molecule has 0 aliphatic carbocycles. The van der Waals surface area contributed by atoms with Gasteiger partial charge in [-0.05, 0) is 23.8 Å². The molecule has 0 atom stereocenters. The van der Waals surface area contributed by atoms with Crippen LogP contribution in [0, 0.1) is 0 Å². The first kappa shape index (κ1) is 17.5. The topological polar surface area (TPSA) is 91.7 Å². The molecule has 1 amide bonds. The first-order chi connectivity index (χ1) is 10.2. The van der Waals surface area contributed by atoms with Gasteiger partial charge in [-0.15, -0.1) is 0 Å². The molecule has 2 rings (SSSR count). The van der Waals surface area contributed by atoms with Crippen LogP contribution in [0.15, 0.2) is 36.7 Å². The van der Waals surface area contributed by atoms with Crippen LogP contribution in [0.4, 0.5) is 0 Å². The smallest absolute Gasteiger partial charge is 0.252 e. The molecule has 0 bridgehead atoms. The van der Waals surface area contributed by atoms with Crippen LogP contribution in [0.1, 0.15) is 17.8 Å². The SMILES string of the molecule is C.COc1cc(-c2cncc(C(=O)NCCO)c2)ccc1O. The van der Waals surface area contributed by atoms with Gasteiger partial charge in [0.05, 0.1) is 19.3 Å². The van der Waals surface area contributed by atoms with Crippen molar-refractivity contribution in [1.82, 2.24) is 10.3 Å². The third-order valence-electron chi connectivity index (χ3n) is 2.91. The number of phenolic OH excluding ortho intramolecular Hbond substituents is 1. The quantitative estimate of drug-likeness (QED) is 0.783. The van der Waals surface area contributed by atoms with E-state index in [0.29, 0.717) is 11.3 Å². The summed E-state index contributed by atoms with van der Waals surface area (Å²) < 4.78 is 5.06. The van der Waals surface area contributed by atoms with Crippen LogP contribution in [0.3, 0.4) is 0 Å². The lowest BCUT2D eigenvalue weighted by Crippen LogP contribution is -2.26. The third-order valence-corrected chi connectivity index (χ3v) is 2.91. The van der Waals surface area contributed by atoms with E-state index in [9.17, 15) is 9.90 Å². The van der Waals surface area contributed by atoms with Crippen LogP contribution in [-0.4, -0.2) is 41.4 Å². The molecular formula is C16H20N2O4. The number of aliphatic hydroxyl groups excluding tert-OH is 1. The number of methoxy groups -OCH3 is 1. The molecule has 2 aromatic rings. The zero-order chi connectivity index (χ0) is 15.2. The van der Waals surface area contributed by atoms with Crippen molar-refractivity contribution in [1.29, 1.82) is 0 Å². The fourth-order valence-corrected chi connectivity index (χ4v) is 1.85. The molecule has 3 N–H and O–H groups in total. The number of rotatable bonds is 5. The van der Waals surface area contributed by atoms with Gasteiger partial charge in [0.15, 0.2) is 11.5 Å². The minimum Gasteiger partial charge on any atom is -0.504 e. The Kier molecular flexibility index (Phi) is 6.34. The normalized spacial score (nSPS) is 9.73. The van der Waals surface area contributed by atoms with Crippen molar-refractivity contribution < 1.29 is 19.7 Å². The number of phenols is 1. The van der Waals surface area contributed by atoms with E-state index in [1.54, 1.807) is 24.4 Å². The lowest BCUT2D eigenvalue weighted by molar-refractivity contribution is 0.0944. The van der Waals surface area contributed by atoms with Crippen LogP contribution in [0.2, 0.25) is 0 Å². The number of aromatic nitrogens is 1. The summed E-state index contributed by atoms with van der Waals surface area (Å²) in [5, 5.41) is 20.9. The Morgan fingerprint density at radius 3 is 2.73 bits per heavy atom. The van der Waals surface area contributed by atoms with E-state index >= 15 is 0 Å². The van der Waals surface area contributed by atoms with Crippen LogP contribution < -0.4 is 10.1 Å². The second-order valence-corrected chi connectivity index (χ2v) is 4.33. The minimum atomic E-state index is -0.302. The highest BCUT2D eigenvalue weighted by Gasteiger charge is 2.09. The number of benzene rings is 1. The van der Waals surface area contributed by atoms with E-state index < -0.39 is 0 Å². The van der Waals surface area contributed by atoms with Crippen molar-refractivity contribution in [3.63, 3.8) is 0 Å². The van der Waals surface area contributed by atoms with Gasteiger partial charge in [0.2, 0.25) is 0 Å². The fraction of sp³-hybridized carbons (Fsp3) is 0.250. The molecule has 6 nitrogen and oxygen atoms in total. The number of pyridine rings is 1. The number of aliphatic hydroxyl groups is 1. The monoisotopic (exact) mass is 304 g/mol. The van der Waals surface area contributed by atoms with Gasteiger partial charge in [-0.3, -0.25) is 9.78 Å². The fourth-order valence-electron chi connectivity index (χ4n) is 1.85. The third kappa shape index (κ3) is 3.95. The number of nitrogens with zero attached hydrogens (tertiary/aromatic N) is 1. The van der Waals surface area contributed by atoms with E-state index in [1.807, 2.05) is 0 Å². The summed E-state index contributed by atoms with van der Waals surface area (Å²) in [6.45, 7) is 0.0735. The van der Waals surface area contributed by atoms with Crippen molar-refractivity contribution in [2.24, 2.45) is 0 Å². The molecular weight excluding hydrogens is 284 g/mol. The van der Waals surface area contributed by atoms with Crippen LogP contribution in [0.25, 0.3) is 11.1 Å². The molecule has 0 unspecified atom stereocenters. The molecule has 1 aromatic carbocycles. The minimum absolute atomic E-state index is 0. The van der Waals surface area contributed by atoms with Crippen molar-refractivity contribution in [3.05, 3.63) is 42.2 Å². The van der Waals surface area contributed by atoms with E-state index in [4.69, 9.17) is 9.84 Å². The highest BCUT2D eigenvalue weighted by molar-refractivity contribution is 5.95. The number of nitrogens with one attached hydrogen (secondary N) is 1. The standard InChI is InChI=1S/C15H16N2O4.CH4/c1-21-14-7-10(2-3-13(14)19)11-6-12(9-16-8-11)15(20)17-4-5-18;/h2-3,6-9,18-19H,4-5H2,1H3,(H,17,20);1H4. The van der Waals surface area contributed by atoms with E-state index in [2.05, 4.69) is 10.3 Å². The van der Waals surface area contributed by atoms with Gasteiger partial charge >= 0.3 is 0 Å². The Morgan fingerprint density at radius 2 is 2.05 bits per heavy atom. The Morgan fingerprint density at radius 1 is 1.27 bits per heavy atom. The Labute approximate surface area is 129 Å². The second kappa shape index (κ2) is 7.99. The van der Waals surface area contributed by atoms with Gasteiger partial charge < -0.3 is 20.3 Å². The van der Waals surface area contributed by atoms with Gasteiger partial charge in [-0.25, -0.2) is 0 Å². The molecule has 0 saturated heterocycles. The number of aromatic hydroxyl groups is 1. The maximum absolute atomic E-state index is 11.8. The van der Waals surface area contributed by atoms with Gasteiger partial charge in [0.25, 0.3) is 5.91 Å². The molecule has 6 heteroatoms. The van der Waals surface area contributed by atoms with Crippen molar-refractivity contribution in [2.75, 3.05) is 20.3 Å². The molecule has 0 radical (unpaired) electrons. The Balaban J connectivity index is 0.00000242. The predicted molar refractivity (Wildman–Crippen MR) is 84.0 cm³/mol.